The Morgan fingerprint density at radius 2 is 1.93 bits per heavy atom. The average Bonchev–Trinajstić information content (AvgIpc) is 3.31. The van der Waals surface area contributed by atoms with E-state index in [1.165, 1.54) is 0 Å². The third-order valence-corrected chi connectivity index (χ3v) is 7.12. The van der Waals surface area contributed by atoms with Crippen LogP contribution in [0.1, 0.15) is 40.6 Å². The van der Waals surface area contributed by atoms with Gasteiger partial charge in [0.1, 0.15) is 0 Å². The van der Waals surface area contributed by atoms with Gasteiger partial charge in [-0.05, 0) is 37.1 Å². The van der Waals surface area contributed by atoms with Crippen LogP contribution in [0.15, 0.2) is 59.5 Å². The summed E-state index contributed by atoms with van der Waals surface area (Å²) in [6, 6.07) is 16.3. The Balaban J connectivity index is 1.57. The number of benzene rings is 2. The predicted molar refractivity (Wildman–Crippen MR) is 110 cm³/mol. The molecule has 0 aliphatic carbocycles. The maximum Gasteiger partial charge on any atom is 0.232 e. The maximum atomic E-state index is 13.1. The molecule has 3 aromatic rings. The van der Waals surface area contributed by atoms with Gasteiger partial charge in [0.25, 0.3) is 0 Å². The SMILES string of the molecule is Cc1cccc(S(=O)(=O)C2NCc3c(NC(=O)C(C)c4ccccc4)n[nH]c32)c1. The van der Waals surface area contributed by atoms with Gasteiger partial charge in [-0.3, -0.25) is 15.2 Å². The molecule has 8 heteroatoms. The quantitative estimate of drug-likeness (QED) is 0.600. The summed E-state index contributed by atoms with van der Waals surface area (Å²) < 4.78 is 26.2. The number of fused-ring (bicyclic) bond motifs is 1. The van der Waals surface area contributed by atoms with Crippen molar-refractivity contribution in [1.29, 1.82) is 0 Å². The van der Waals surface area contributed by atoms with E-state index in [-0.39, 0.29) is 16.7 Å². The molecule has 2 atom stereocenters. The van der Waals surface area contributed by atoms with Gasteiger partial charge in [-0.15, -0.1) is 0 Å². The first-order valence-corrected chi connectivity index (χ1v) is 10.9. The molecule has 3 N–H and O–H groups in total. The largest absolute Gasteiger partial charge is 0.308 e. The molecule has 0 saturated carbocycles. The number of H-pyrrole nitrogens is 1. The summed E-state index contributed by atoms with van der Waals surface area (Å²) in [7, 11) is -3.64. The topological polar surface area (TPSA) is 104 Å². The zero-order valence-corrected chi connectivity index (χ0v) is 17.0. The van der Waals surface area contributed by atoms with E-state index in [9.17, 15) is 13.2 Å². The summed E-state index contributed by atoms with van der Waals surface area (Å²) in [5.74, 6) is -0.192. The summed E-state index contributed by atoms with van der Waals surface area (Å²) in [6.07, 6.45) is 0. The van der Waals surface area contributed by atoms with Crippen molar-refractivity contribution < 1.29 is 13.2 Å². The van der Waals surface area contributed by atoms with Gasteiger partial charge in [-0.1, -0.05) is 42.5 Å². The fourth-order valence-corrected chi connectivity index (χ4v) is 5.18. The molecule has 2 heterocycles. The van der Waals surface area contributed by atoms with Crippen molar-refractivity contribution in [3.05, 3.63) is 77.0 Å². The normalized spacial score (nSPS) is 17.0. The van der Waals surface area contributed by atoms with Crippen molar-refractivity contribution in [2.45, 2.75) is 36.6 Å². The number of sulfone groups is 1. The molecule has 7 nitrogen and oxygen atoms in total. The molecule has 29 heavy (non-hydrogen) atoms. The Bertz CT molecular complexity index is 1160. The van der Waals surface area contributed by atoms with Crippen LogP contribution in [0.5, 0.6) is 0 Å². The number of carbonyl (C=O) groups excluding carboxylic acids is 1. The fourth-order valence-electron chi connectivity index (χ4n) is 3.49. The van der Waals surface area contributed by atoms with Gasteiger partial charge in [0.2, 0.25) is 5.91 Å². The lowest BCUT2D eigenvalue weighted by molar-refractivity contribution is -0.117. The molecule has 1 aliphatic heterocycles. The molecule has 0 saturated heterocycles. The van der Waals surface area contributed by atoms with Gasteiger partial charge in [0, 0.05) is 12.1 Å². The van der Waals surface area contributed by atoms with Crippen molar-refractivity contribution >= 4 is 21.6 Å². The van der Waals surface area contributed by atoms with E-state index in [1.807, 2.05) is 50.2 Å². The Labute approximate surface area is 169 Å². The molecular weight excluding hydrogens is 388 g/mol. The standard InChI is InChI=1S/C21H22N4O3S/c1-13-7-6-10-16(11-13)29(27,28)21-18-17(12-22-21)19(25-24-18)23-20(26)14(2)15-8-4-3-5-9-15/h3-11,14,21-22H,12H2,1-2H3,(H2,23,24,25,26). The minimum Gasteiger partial charge on any atom is -0.308 e. The third kappa shape index (κ3) is 3.56. The Hall–Kier alpha value is -2.97. The minimum atomic E-state index is -3.64. The molecule has 1 aliphatic rings. The second-order valence-electron chi connectivity index (χ2n) is 7.21. The number of nitrogens with one attached hydrogen (secondary N) is 3. The van der Waals surface area contributed by atoms with Gasteiger partial charge in [-0.25, -0.2) is 8.42 Å². The second kappa shape index (κ2) is 7.46. The lowest BCUT2D eigenvalue weighted by atomic mass is 10.0. The van der Waals surface area contributed by atoms with Crippen LogP contribution in [-0.2, 0) is 21.2 Å². The van der Waals surface area contributed by atoms with E-state index in [0.29, 0.717) is 23.6 Å². The first-order valence-electron chi connectivity index (χ1n) is 9.35. The summed E-state index contributed by atoms with van der Waals surface area (Å²) >= 11 is 0. The molecule has 1 aromatic heterocycles. The number of anilines is 1. The predicted octanol–water partition coefficient (Wildman–Crippen LogP) is 3.04. The number of amides is 1. The van der Waals surface area contributed by atoms with Crippen molar-refractivity contribution in [1.82, 2.24) is 15.5 Å². The van der Waals surface area contributed by atoms with Crippen molar-refractivity contribution in [3.63, 3.8) is 0 Å². The van der Waals surface area contributed by atoms with Gasteiger partial charge in [0.15, 0.2) is 21.0 Å². The molecule has 150 valence electrons. The molecular formula is C21H22N4O3S. The molecule has 0 bridgehead atoms. The van der Waals surface area contributed by atoms with Crippen LogP contribution in [0.3, 0.4) is 0 Å². The zero-order valence-electron chi connectivity index (χ0n) is 16.1. The summed E-state index contributed by atoms with van der Waals surface area (Å²) in [5.41, 5.74) is 2.90. The highest BCUT2D eigenvalue weighted by atomic mass is 32.2. The summed E-state index contributed by atoms with van der Waals surface area (Å²) in [5, 5.41) is 11.9. The van der Waals surface area contributed by atoms with Crippen LogP contribution in [0.2, 0.25) is 0 Å². The zero-order chi connectivity index (χ0) is 20.6. The summed E-state index contributed by atoms with van der Waals surface area (Å²) in [6.45, 7) is 3.97. The van der Waals surface area contributed by atoms with E-state index in [0.717, 1.165) is 11.1 Å². The molecule has 2 aromatic carbocycles. The first kappa shape index (κ1) is 19.4. The van der Waals surface area contributed by atoms with Gasteiger partial charge < -0.3 is 5.32 Å². The van der Waals surface area contributed by atoms with Crippen LogP contribution < -0.4 is 10.6 Å². The van der Waals surface area contributed by atoms with Crippen molar-refractivity contribution in [3.8, 4) is 0 Å². The Kier molecular flexibility index (Phi) is 4.97. The third-order valence-electron chi connectivity index (χ3n) is 5.19. The van der Waals surface area contributed by atoms with Crippen molar-refractivity contribution in [2.24, 2.45) is 0 Å². The van der Waals surface area contributed by atoms with Crippen LogP contribution in [0, 0.1) is 6.92 Å². The van der Waals surface area contributed by atoms with Crippen LogP contribution in [0.25, 0.3) is 0 Å². The lowest BCUT2D eigenvalue weighted by Crippen LogP contribution is -2.23. The van der Waals surface area contributed by atoms with Crippen LogP contribution >= 0.6 is 0 Å². The average molecular weight is 410 g/mol. The smallest absolute Gasteiger partial charge is 0.232 e. The fraction of sp³-hybridized carbons (Fsp3) is 0.238. The highest BCUT2D eigenvalue weighted by Crippen LogP contribution is 2.35. The number of aromatic nitrogens is 2. The highest BCUT2D eigenvalue weighted by molar-refractivity contribution is 7.91. The van der Waals surface area contributed by atoms with Gasteiger partial charge in [0.05, 0.1) is 16.5 Å². The first-order chi connectivity index (χ1) is 13.9. The second-order valence-corrected chi connectivity index (χ2v) is 9.24. The molecule has 1 amide bonds. The number of hydrogen-bond donors (Lipinski definition) is 3. The molecule has 0 radical (unpaired) electrons. The number of carbonyl (C=O) groups is 1. The molecule has 0 fully saturated rings. The maximum absolute atomic E-state index is 13.1. The molecule has 2 unspecified atom stereocenters. The van der Waals surface area contributed by atoms with Gasteiger partial charge in [-0.2, -0.15) is 5.10 Å². The van der Waals surface area contributed by atoms with E-state index >= 15 is 0 Å². The minimum absolute atomic E-state index is 0.199. The van der Waals surface area contributed by atoms with E-state index in [1.54, 1.807) is 18.2 Å². The van der Waals surface area contributed by atoms with Crippen LogP contribution in [-0.4, -0.2) is 24.5 Å². The monoisotopic (exact) mass is 410 g/mol. The van der Waals surface area contributed by atoms with E-state index in [2.05, 4.69) is 20.8 Å². The number of aromatic amines is 1. The van der Waals surface area contributed by atoms with Crippen LogP contribution in [0.4, 0.5) is 5.82 Å². The van der Waals surface area contributed by atoms with E-state index in [4.69, 9.17) is 0 Å². The highest BCUT2D eigenvalue weighted by Gasteiger charge is 2.38. The number of rotatable bonds is 5. The van der Waals surface area contributed by atoms with E-state index < -0.39 is 15.2 Å². The van der Waals surface area contributed by atoms with Gasteiger partial charge >= 0.3 is 0 Å². The molecule has 4 rings (SSSR count). The number of nitrogens with zero attached hydrogens (tertiary/aromatic N) is 1. The van der Waals surface area contributed by atoms with Crippen molar-refractivity contribution in [2.75, 3.05) is 5.32 Å². The Morgan fingerprint density at radius 1 is 1.17 bits per heavy atom. The lowest BCUT2D eigenvalue weighted by Gasteiger charge is -2.12. The number of hydrogen-bond acceptors (Lipinski definition) is 5. The summed E-state index contributed by atoms with van der Waals surface area (Å²) in [4.78, 5) is 12.9. The number of aryl methyl sites for hydroxylation is 1. The molecule has 0 spiro atoms. The Morgan fingerprint density at radius 3 is 2.66 bits per heavy atom.